The van der Waals surface area contributed by atoms with Crippen molar-refractivity contribution in [2.24, 2.45) is 0 Å². The summed E-state index contributed by atoms with van der Waals surface area (Å²) in [5.74, 6) is -2.16. The van der Waals surface area contributed by atoms with Crippen molar-refractivity contribution in [3.63, 3.8) is 0 Å². The van der Waals surface area contributed by atoms with Crippen LogP contribution in [0.4, 0.5) is 11.4 Å². The van der Waals surface area contributed by atoms with Gasteiger partial charge in [-0.15, -0.1) is 11.3 Å². The second-order valence-corrected chi connectivity index (χ2v) is 8.94. The number of halogens is 2. The van der Waals surface area contributed by atoms with E-state index in [1.165, 1.54) is 24.3 Å². The van der Waals surface area contributed by atoms with Crippen molar-refractivity contribution < 1.29 is 28.8 Å². The lowest BCUT2D eigenvalue weighted by atomic mass is 10.2. The fourth-order valence-electron chi connectivity index (χ4n) is 2.93. The number of anilines is 1. The summed E-state index contributed by atoms with van der Waals surface area (Å²) >= 11 is 13.3. The molecule has 1 heterocycles. The Balaban J connectivity index is 1.69. The van der Waals surface area contributed by atoms with Crippen molar-refractivity contribution in [1.82, 2.24) is 0 Å². The maximum absolute atomic E-state index is 12.4. The highest BCUT2D eigenvalue weighted by Crippen LogP contribution is 2.39. The van der Waals surface area contributed by atoms with Crippen molar-refractivity contribution in [1.29, 1.82) is 0 Å². The Morgan fingerprint density at radius 1 is 1.11 bits per heavy atom. The van der Waals surface area contributed by atoms with Crippen LogP contribution in [-0.4, -0.2) is 36.0 Å². The summed E-state index contributed by atoms with van der Waals surface area (Å²) in [5.41, 5.74) is 1.07. The number of non-ortho nitro benzene ring substituents is 1. The number of rotatable bonds is 9. The fourth-order valence-corrected chi connectivity index (χ4v) is 4.54. The van der Waals surface area contributed by atoms with Crippen LogP contribution in [0.1, 0.15) is 22.2 Å². The van der Waals surface area contributed by atoms with Gasteiger partial charge in [0.15, 0.2) is 6.61 Å². The first kappa shape index (κ1) is 26.9. The molecule has 1 amide bonds. The number of nitro groups is 1. The normalized spacial score (nSPS) is 10.8. The Morgan fingerprint density at radius 2 is 1.89 bits per heavy atom. The number of thiophene rings is 1. The van der Waals surface area contributed by atoms with Crippen molar-refractivity contribution in [2.45, 2.75) is 6.92 Å². The maximum atomic E-state index is 12.4. The second kappa shape index (κ2) is 12.3. The highest BCUT2D eigenvalue weighted by Gasteiger charge is 2.21. The Labute approximate surface area is 219 Å². The average Bonchev–Trinajstić information content (AvgIpc) is 3.25. The molecule has 3 aromatic rings. The molecule has 3 rings (SSSR count). The van der Waals surface area contributed by atoms with E-state index in [2.05, 4.69) is 5.32 Å². The number of carbonyl (C=O) groups excluding carboxylic acids is 3. The molecule has 0 saturated carbocycles. The van der Waals surface area contributed by atoms with E-state index in [9.17, 15) is 24.5 Å². The van der Waals surface area contributed by atoms with Crippen molar-refractivity contribution in [3.8, 4) is 10.4 Å². The first-order valence-corrected chi connectivity index (χ1v) is 11.9. The molecule has 0 radical (unpaired) electrons. The molecule has 9 nitrogen and oxygen atoms in total. The summed E-state index contributed by atoms with van der Waals surface area (Å²) in [7, 11) is 0. The lowest BCUT2D eigenvalue weighted by Crippen LogP contribution is -2.21. The van der Waals surface area contributed by atoms with Crippen LogP contribution < -0.4 is 5.32 Å². The zero-order valence-electron chi connectivity index (χ0n) is 18.7. The van der Waals surface area contributed by atoms with Gasteiger partial charge < -0.3 is 14.8 Å². The molecule has 0 atom stereocenters. The van der Waals surface area contributed by atoms with Gasteiger partial charge in [0.05, 0.1) is 22.2 Å². The molecule has 0 fully saturated rings. The Kier molecular flexibility index (Phi) is 9.18. The molecule has 0 spiro atoms. The fraction of sp³-hybridized carbons (Fsp3) is 0.125. The average molecular weight is 549 g/mol. The molecule has 1 aromatic heterocycles. The van der Waals surface area contributed by atoms with Crippen molar-refractivity contribution in [2.75, 3.05) is 18.5 Å². The SMILES string of the molecule is CCOC(=O)c1sc(-c2ccc(Cl)cc2Cl)cc1NC(=O)COC(=O)C=Cc1cccc([N+](=O)[O-])c1. The molecule has 12 heteroatoms. The minimum absolute atomic E-state index is 0.127. The molecule has 186 valence electrons. The standard InChI is InChI=1S/C24H18Cl2N2O7S/c1-2-34-24(31)23-19(12-20(36-23)17-8-7-15(25)11-18(17)26)27-21(29)13-35-22(30)9-6-14-4-3-5-16(10-14)28(32)33/h3-12H,2,13H2,1H3,(H,27,29). The molecular formula is C24H18Cl2N2O7S. The molecule has 0 aliphatic carbocycles. The number of nitro benzene ring substituents is 1. The molecule has 36 heavy (non-hydrogen) atoms. The number of hydrogen-bond donors (Lipinski definition) is 1. The summed E-state index contributed by atoms with van der Waals surface area (Å²) in [5, 5.41) is 14.2. The molecular weight excluding hydrogens is 531 g/mol. The molecule has 0 unspecified atom stereocenters. The maximum Gasteiger partial charge on any atom is 0.350 e. The summed E-state index contributed by atoms with van der Waals surface area (Å²) < 4.78 is 10.0. The lowest BCUT2D eigenvalue weighted by Gasteiger charge is -2.06. The van der Waals surface area contributed by atoms with Crippen LogP contribution in [0.25, 0.3) is 16.5 Å². The third-order valence-electron chi connectivity index (χ3n) is 4.50. The first-order chi connectivity index (χ1) is 17.2. The van der Waals surface area contributed by atoms with E-state index in [0.29, 0.717) is 26.0 Å². The number of hydrogen-bond acceptors (Lipinski definition) is 8. The smallest absolute Gasteiger partial charge is 0.350 e. The number of benzene rings is 2. The van der Waals surface area contributed by atoms with Gasteiger partial charge in [0.25, 0.3) is 11.6 Å². The van der Waals surface area contributed by atoms with Gasteiger partial charge in [0.2, 0.25) is 0 Å². The van der Waals surface area contributed by atoms with Crippen molar-refractivity contribution >= 4 is 69.8 Å². The topological polar surface area (TPSA) is 125 Å². The summed E-state index contributed by atoms with van der Waals surface area (Å²) in [6.07, 6.45) is 2.37. The van der Waals surface area contributed by atoms with Gasteiger partial charge in [-0.05, 0) is 36.8 Å². The van der Waals surface area contributed by atoms with Crippen LogP contribution in [0.2, 0.25) is 10.0 Å². The highest BCUT2D eigenvalue weighted by atomic mass is 35.5. The van der Waals surface area contributed by atoms with E-state index >= 15 is 0 Å². The van der Waals surface area contributed by atoms with E-state index in [1.807, 2.05) is 0 Å². The first-order valence-electron chi connectivity index (χ1n) is 10.3. The quantitative estimate of drug-likeness (QED) is 0.150. The third-order valence-corrected chi connectivity index (χ3v) is 6.20. The molecule has 1 N–H and O–H groups in total. The van der Waals surface area contributed by atoms with Crippen molar-refractivity contribution in [3.05, 3.63) is 85.2 Å². The van der Waals surface area contributed by atoms with Gasteiger partial charge in [-0.3, -0.25) is 14.9 Å². The Morgan fingerprint density at radius 3 is 2.58 bits per heavy atom. The minimum Gasteiger partial charge on any atom is -0.462 e. The summed E-state index contributed by atoms with van der Waals surface area (Å²) in [4.78, 5) is 47.9. The van der Waals surface area contributed by atoms with E-state index in [1.54, 1.807) is 37.3 Å². The van der Waals surface area contributed by atoms with Gasteiger partial charge in [-0.2, -0.15) is 0 Å². The van der Waals surface area contributed by atoms with Gasteiger partial charge in [-0.1, -0.05) is 41.4 Å². The monoisotopic (exact) mass is 548 g/mol. The van der Waals surface area contributed by atoms with Crippen LogP contribution in [0, 0.1) is 10.1 Å². The largest absolute Gasteiger partial charge is 0.462 e. The second-order valence-electron chi connectivity index (χ2n) is 7.04. The highest BCUT2D eigenvalue weighted by molar-refractivity contribution is 7.18. The van der Waals surface area contributed by atoms with Crippen LogP contribution in [0.5, 0.6) is 0 Å². The predicted octanol–water partition coefficient (Wildman–Crippen LogP) is 6.00. The van der Waals surface area contributed by atoms with E-state index < -0.39 is 29.4 Å². The Hall–Kier alpha value is -3.73. The van der Waals surface area contributed by atoms with E-state index in [-0.39, 0.29) is 22.9 Å². The summed E-state index contributed by atoms with van der Waals surface area (Å²) in [6, 6.07) is 12.1. The van der Waals surface area contributed by atoms with Crippen LogP contribution in [0.15, 0.2) is 54.6 Å². The van der Waals surface area contributed by atoms with E-state index in [4.69, 9.17) is 32.7 Å². The lowest BCUT2D eigenvalue weighted by molar-refractivity contribution is -0.384. The van der Waals surface area contributed by atoms with Gasteiger partial charge >= 0.3 is 11.9 Å². The van der Waals surface area contributed by atoms with Crippen LogP contribution >= 0.6 is 34.5 Å². The van der Waals surface area contributed by atoms with E-state index in [0.717, 1.165) is 17.4 Å². The molecule has 0 bridgehead atoms. The number of ether oxygens (including phenoxy) is 2. The number of nitrogens with one attached hydrogen (secondary N) is 1. The van der Waals surface area contributed by atoms with Gasteiger partial charge in [0, 0.05) is 33.7 Å². The molecule has 2 aromatic carbocycles. The minimum atomic E-state index is -0.832. The molecule has 0 aliphatic heterocycles. The predicted molar refractivity (Wildman–Crippen MR) is 137 cm³/mol. The molecule has 0 aliphatic rings. The zero-order valence-corrected chi connectivity index (χ0v) is 21.0. The Bertz CT molecular complexity index is 1350. The van der Waals surface area contributed by atoms with Gasteiger partial charge in [0.1, 0.15) is 4.88 Å². The summed E-state index contributed by atoms with van der Waals surface area (Å²) in [6.45, 7) is 1.16. The number of nitrogens with zero attached hydrogens (tertiary/aromatic N) is 1. The number of carbonyl (C=O) groups is 3. The van der Waals surface area contributed by atoms with Crippen LogP contribution in [0.3, 0.4) is 0 Å². The zero-order chi connectivity index (χ0) is 26.2. The van der Waals surface area contributed by atoms with Crippen LogP contribution in [-0.2, 0) is 19.1 Å². The third kappa shape index (κ3) is 7.14. The number of esters is 2. The van der Waals surface area contributed by atoms with Gasteiger partial charge in [-0.25, -0.2) is 9.59 Å². The number of amides is 1. The molecule has 0 saturated heterocycles.